The van der Waals surface area contributed by atoms with Crippen molar-refractivity contribution in [1.29, 1.82) is 0 Å². The molecule has 0 aromatic carbocycles. The Labute approximate surface area is 101 Å². The molecular weight excluding hydrogens is 222 g/mol. The van der Waals surface area contributed by atoms with Gasteiger partial charge in [0.15, 0.2) is 5.17 Å². The topological polar surface area (TPSA) is 53.5 Å². The van der Waals surface area contributed by atoms with Crippen molar-refractivity contribution in [1.82, 2.24) is 10.6 Å². The van der Waals surface area contributed by atoms with Gasteiger partial charge in [-0.1, -0.05) is 25.6 Å². The van der Waals surface area contributed by atoms with E-state index in [4.69, 9.17) is 0 Å². The van der Waals surface area contributed by atoms with Gasteiger partial charge in [-0.25, -0.2) is 0 Å². The zero-order valence-corrected chi connectivity index (χ0v) is 10.7. The highest BCUT2D eigenvalue weighted by molar-refractivity contribution is 8.13. The minimum absolute atomic E-state index is 0.164. The number of rotatable bonds is 1. The minimum atomic E-state index is 0.164. The molecule has 4 nitrogen and oxygen atoms in total. The summed E-state index contributed by atoms with van der Waals surface area (Å²) < 4.78 is 0. The molecule has 90 valence electrons. The SMILES string of the molecule is CC1(C)CN=C(NC2CCC(=O)NC2)SC1. The summed E-state index contributed by atoms with van der Waals surface area (Å²) >= 11 is 1.79. The largest absolute Gasteiger partial charge is 0.360 e. The Morgan fingerprint density at radius 2 is 2.38 bits per heavy atom. The van der Waals surface area contributed by atoms with Crippen molar-refractivity contribution >= 4 is 22.8 Å². The number of nitrogens with zero attached hydrogens (tertiary/aromatic N) is 1. The normalized spacial score (nSPS) is 29.2. The zero-order chi connectivity index (χ0) is 11.6. The number of amidine groups is 1. The second-order valence-electron chi connectivity index (χ2n) is 5.26. The summed E-state index contributed by atoms with van der Waals surface area (Å²) in [6.07, 6.45) is 1.54. The molecule has 0 bridgehead atoms. The molecule has 0 aromatic heterocycles. The first-order valence-electron chi connectivity index (χ1n) is 5.76. The van der Waals surface area contributed by atoms with E-state index in [2.05, 4.69) is 29.5 Å². The predicted octanol–water partition coefficient (Wildman–Crippen LogP) is 0.984. The molecule has 2 N–H and O–H groups in total. The van der Waals surface area contributed by atoms with E-state index in [1.165, 1.54) is 0 Å². The maximum atomic E-state index is 11.0. The number of hydrogen-bond acceptors (Lipinski definition) is 4. The molecule has 16 heavy (non-hydrogen) atoms. The molecule has 2 rings (SSSR count). The van der Waals surface area contributed by atoms with Crippen LogP contribution in [0.5, 0.6) is 0 Å². The number of aliphatic imine (C=N–C) groups is 1. The smallest absolute Gasteiger partial charge is 0.220 e. The van der Waals surface area contributed by atoms with Gasteiger partial charge < -0.3 is 10.6 Å². The van der Waals surface area contributed by atoms with Crippen LogP contribution < -0.4 is 10.6 Å². The summed E-state index contributed by atoms with van der Waals surface area (Å²) in [4.78, 5) is 15.6. The van der Waals surface area contributed by atoms with Gasteiger partial charge >= 0.3 is 0 Å². The number of carbonyl (C=O) groups is 1. The van der Waals surface area contributed by atoms with E-state index in [-0.39, 0.29) is 5.91 Å². The number of thioether (sulfide) groups is 1. The van der Waals surface area contributed by atoms with Crippen LogP contribution in [0.25, 0.3) is 0 Å². The van der Waals surface area contributed by atoms with Gasteiger partial charge in [0.1, 0.15) is 0 Å². The van der Waals surface area contributed by atoms with Gasteiger partial charge in [0.2, 0.25) is 5.91 Å². The first-order chi connectivity index (χ1) is 7.55. The fraction of sp³-hybridized carbons (Fsp3) is 0.818. The quantitative estimate of drug-likeness (QED) is 0.719. The predicted molar refractivity (Wildman–Crippen MR) is 67.7 cm³/mol. The lowest BCUT2D eigenvalue weighted by Gasteiger charge is -2.30. The molecule has 1 atom stereocenters. The number of amides is 1. The fourth-order valence-corrected chi connectivity index (χ4v) is 2.78. The molecule has 0 aliphatic carbocycles. The lowest BCUT2D eigenvalue weighted by atomic mass is 9.97. The second-order valence-corrected chi connectivity index (χ2v) is 6.22. The van der Waals surface area contributed by atoms with Crippen LogP contribution >= 0.6 is 11.8 Å². The highest BCUT2D eigenvalue weighted by atomic mass is 32.2. The van der Waals surface area contributed by atoms with Gasteiger partial charge in [0, 0.05) is 31.3 Å². The molecule has 2 heterocycles. The average Bonchev–Trinajstić information content (AvgIpc) is 2.24. The summed E-state index contributed by atoms with van der Waals surface area (Å²) in [5.74, 6) is 1.27. The molecule has 0 saturated carbocycles. The molecular formula is C11H19N3OS. The summed E-state index contributed by atoms with van der Waals surface area (Å²) in [5.41, 5.74) is 0.316. The third-order valence-electron chi connectivity index (χ3n) is 2.84. The fourth-order valence-electron chi connectivity index (χ4n) is 1.76. The van der Waals surface area contributed by atoms with Crippen LogP contribution in [0, 0.1) is 5.41 Å². The van der Waals surface area contributed by atoms with Crippen LogP contribution in [0.1, 0.15) is 26.7 Å². The van der Waals surface area contributed by atoms with Crippen molar-refractivity contribution in [2.45, 2.75) is 32.7 Å². The van der Waals surface area contributed by atoms with Crippen LogP contribution in [0.4, 0.5) is 0 Å². The second kappa shape index (κ2) is 4.65. The Morgan fingerprint density at radius 1 is 1.56 bits per heavy atom. The Bertz CT molecular complexity index is 304. The molecule has 1 unspecified atom stereocenters. The van der Waals surface area contributed by atoms with E-state index in [9.17, 15) is 4.79 Å². The number of nitrogens with one attached hydrogen (secondary N) is 2. The van der Waals surface area contributed by atoms with Gasteiger partial charge in [-0.2, -0.15) is 0 Å². The lowest BCUT2D eigenvalue weighted by Crippen LogP contribution is -2.48. The van der Waals surface area contributed by atoms with E-state index < -0.39 is 0 Å². The van der Waals surface area contributed by atoms with Gasteiger partial charge in [-0.3, -0.25) is 9.79 Å². The highest BCUT2D eigenvalue weighted by Crippen LogP contribution is 2.27. The number of carbonyl (C=O) groups excluding carboxylic acids is 1. The van der Waals surface area contributed by atoms with Crippen molar-refractivity contribution < 1.29 is 4.79 Å². The van der Waals surface area contributed by atoms with E-state index in [1.807, 2.05) is 0 Å². The minimum Gasteiger partial charge on any atom is -0.360 e. The molecule has 0 spiro atoms. The van der Waals surface area contributed by atoms with E-state index in [0.29, 0.717) is 17.9 Å². The van der Waals surface area contributed by atoms with Crippen molar-refractivity contribution in [3.05, 3.63) is 0 Å². The molecule has 0 aromatic rings. The Kier molecular flexibility index (Phi) is 3.42. The Balaban J connectivity index is 1.82. The Morgan fingerprint density at radius 3 is 2.94 bits per heavy atom. The van der Waals surface area contributed by atoms with Crippen LogP contribution in [-0.4, -0.2) is 36.0 Å². The Hall–Kier alpha value is -0.710. The maximum Gasteiger partial charge on any atom is 0.220 e. The van der Waals surface area contributed by atoms with Gasteiger partial charge in [-0.05, 0) is 11.8 Å². The van der Waals surface area contributed by atoms with Crippen LogP contribution in [-0.2, 0) is 4.79 Å². The van der Waals surface area contributed by atoms with Crippen LogP contribution in [0.2, 0.25) is 0 Å². The standard InChI is InChI=1S/C11H19N3OS/c1-11(2)6-13-10(16-7-11)14-8-3-4-9(15)12-5-8/h8H,3-7H2,1-2H3,(H,12,15)(H,13,14). The average molecular weight is 241 g/mol. The molecule has 1 saturated heterocycles. The van der Waals surface area contributed by atoms with Crippen molar-refractivity contribution in [2.75, 3.05) is 18.8 Å². The van der Waals surface area contributed by atoms with Gasteiger partial charge in [0.05, 0.1) is 0 Å². The van der Waals surface area contributed by atoms with Crippen molar-refractivity contribution in [3.8, 4) is 0 Å². The zero-order valence-electron chi connectivity index (χ0n) is 9.88. The number of piperidine rings is 1. The van der Waals surface area contributed by atoms with Gasteiger partial charge in [-0.15, -0.1) is 0 Å². The van der Waals surface area contributed by atoms with E-state index in [1.54, 1.807) is 11.8 Å². The molecule has 2 aliphatic heterocycles. The summed E-state index contributed by atoms with van der Waals surface area (Å²) in [5, 5.41) is 7.33. The first kappa shape index (κ1) is 11.8. The number of hydrogen-bond donors (Lipinski definition) is 2. The lowest BCUT2D eigenvalue weighted by molar-refractivity contribution is -0.122. The first-order valence-corrected chi connectivity index (χ1v) is 6.74. The van der Waals surface area contributed by atoms with Crippen LogP contribution in [0.15, 0.2) is 4.99 Å². The third-order valence-corrected chi connectivity index (χ3v) is 4.29. The molecule has 1 amide bonds. The monoisotopic (exact) mass is 241 g/mol. The van der Waals surface area contributed by atoms with E-state index in [0.717, 1.165) is 30.4 Å². The summed E-state index contributed by atoms with van der Waals surface area (Å²) in [6.45, 7) is 6.09. The molecule has 0 radical (unpaired) electrons. The summed E-state index contributed by atoms with van der Waals surface area (Å²) in [7, 11) is 0. The molecule has 5 heteroatoms. The van der Waals surface area contributed by atoms with Crippen molar-refractivity contribution in [3.63, 3.8) is 0 Å². The van der Waals surface area contributed by atoms with E-state index >= 15 is 0 Å². The maximum absolute atomic E-state index is 11.0. The highest BCUT2D eigenvalue weighted by Gasteiger charge is 2.25. The van der Waals surface area contributed by atoms with Gasteiger partial charge in [0.25, 0.3) is 0 Å². The molecule has 2 aliphatic rings. The van der Waals surface area contributed by atoms with Crippen molar-refractivity contribution in [2.24, 2.45) is 10.4 Å². The van der Waals surface area contributed by atoms with Crippen LogP contribution in [0.3, 0.4) is 0 Å². The molecule has 1 fully saturated rings. The summed E-state index contributed by atoms with van der Waals surface area (Å²) in [6, 6.07) is 0.352. The third kappa shape index (κ3) is 3.14.